The van der Waals surface area contributed by atoms with Crippen LogP contribution in [0, 0.1) is 0 Å². The van der Waals surface area contributed by atoms with Gasteiger partial charge in [0.15, 0.2) is 0 Å². The average molecular weight is 374 g/mol. The van der Waals surface area contributed by atoms with Gasteiger partial charge in [-0.1, -0.05) is 39.7 Å². The van der Waals surface area contributed by atoms with Crippen LogP contribution in [0.5, 0.6) is 5.75 Å². The van der Waals surface area contributed by atoms with Gasteiger partial charge in [-0.05, 0) is 47.9 Å². The van der Waals surface area contributed by atoms with Gasteiger partial charge in [-0.25, -0.2) is 0 Å². The van der Waals surface area contributed by atoms with E-state index in [1.807, 2.05) is 30.3 Å². The number of benzene rings is 2. The summed E-state index contributed by atoms with van der Waals surface area (Å²) in [5.74, 6) is 1.64. The molecule has 0 aromatic heterocycles. The van der Waals surface area contributed by atoms with Crippen molar-refractivity contribution < 1.29 is 4.74 Å². The fraction of sp³-hybridized carbons (Fsp3) is 0.250. The van der Waals surface area contributed by atoms with Gasteiger partial charge < -0.3 is 4.74 Å². The number of alkyl halides is 1. The number of hydrogen-bond acceptors (Lipinski definition) is 1. The van der Waals surface area contributed by atoms with Crippen LogP contribution in [-0.2, 0) is 6.42 Å². The molecule has 106 valence electrons. The summed E-state index contributed by atoms with van der Waals surface area (Å²) in [4.78, 5) is 0. The number of rotatable bonds is 5. The van der Waals surface area contributed by atoms with Crippen molar-refractivity contribution in [2.75, 3.05) is 13.0 Å². The molecule has 1 nitrogen and oxygen atoms in total. The van der Waals surface area contributed by atoms with Gasteiger partial charge in [-0.3, -0.25) is 0 Å². The molecule has 0 aliphatic rings. The first kappa shape index (κ1) is 15.7. The minimum absolute atomic E-state index is 0.233. The number of halogens is 3. The topological polar surface area (TPSA) is 9.23 Å². The Labute approximate surface area is 138 Å². The van der Waals surface area contributed by atoms with Crippen molar-refractivity contribution in [1.29, 1.82) is 0 Å². The fourth-order valence-corrected chi connectivity index (χ4v) is 2.91. The second-order valence-electron chi connectivity index (χ2n) is 4.56. The van der Waals surface area contributed by atoms with Crippen molar-refractivity contribution in [3.05, 3.63) is 63.1 Å². The van der Waals surface area contributed by atoms with E-state index in [4.69, 9.17) is 27.9 Å². The summed E-state index contributed by atoms with van der Waals surface area (Å²) in [5, 5.41) is 0.713. The summed E-state index contributed by atoms with van der Waals surface area (Å²) in [6.45, 7) is 0. The Bertz CT molecular complexity index is 569. The van der Waals surface area contributed by atoms with E-state index < -0.39 is 0 Å². The van der Waals surface area contributed by atoms with Crippen LogP contribution in [0.2, 0.25) is 5.02 Å². The molecule has 2 rings (SSSR count). The Morgan fingerprint density at radius 1 is 1.15 bits per heavy atom. The number of hydrogen-bond donors (Lipinski definition) is 0. The molecule has 0 aliphatic carbocycles. The molecule has 20 heavy (non-hydrogen) atoms. The minimum atomic E-state index is 0.233. The maximum Gasteiger partial charge on any atom is 0.122 e. The molecular weight excluding hydrogens is 359 g/mol. The molecule has 2 aromatic rings. The molecule has 0 radical (unpaired) electrons. The predicted molar refractivity (Wildman–Crippen MR) is 89.3 cm³/mol. The zero-order valence-corrected chi connectivity index (χ0v) is 14.2. The van der Waals surface area contributed by atoms with Crippen molar-refractivity contribution in [1.82, 2.24) is 0 Å². The summed E-state index contributed by atoms with van der Waals surface area (Å²) in [7, 11) is 1.67. The first-order chi connectivity index (χ1) is 9.63. The van der Waals surface area contributed by atoms with Crippen molar-refractivity contribution in [2.24, 2.45) is 0 Å². The summed E-state index contributed by atoms with van der Waals surface area (Å²) < 4.78 is 6.46. The monoisotopic (exact) mass is 372 g/mol. The highest BCUT2D eigenvalue weighted by molar-refractivity contribution is 9.10. The predicted octanol–water partition coefficient (Wildman–Crippen LogP) is 5.68. The highest BCUT2D eigenvalue weighted by Gasteiger charge is 2.14. The third kappa shape index (κ3) is 3.91. The molecule has 0 aliphatic heterocycles. The van der Waals surface area contributed by atoms with Crippen LogP contribution >= 0.6 is 39.1 Å². The standard InChI is InChI=1S/C16H15BrCl2O/c1-20-16-7-6-15(19)9-12(16)8-13(10-18)11-2-4-14(17)5-3-11/h2-7,9,13H,8,10H2,1H3. The Kier molecular flexibility index (Phi) is 5.76. The van der Waals surface area contributed by atoms with Gasteiger partial charge in [0.2, 0.25) is 0 Å². The van der Waals surface area contributed by atoms with E-state index in [-0.39, 0.29) is 5.92 Å². The van der Waals surface area contributed by atoms with E-state index in [2.05, 4.69) is 28.1 Å². The van der Waals surface area contributed by atoms with Crippen LogP contribution in [-0.4, -0.2) is 13.0 Å². The average Bonchev–Trinajstić information content (AvgIpc) is 2.46. The number of methoxy groups -OCH3 is 1. The van der Waals surface area contributed by atoms with Crippen LogP contribution in [0.3, 0.4) is 0 Å². The maximum atomic E-state index is 6.14. The van der Waals surface area contributed by atoms with E-state index >= 15 is 0 Å². The Morgan fingerprint density at radius 2 is 1.85 bits per heavy atom. The minimum Gasteiger partial charge on any atom is -0.496 e. The second-order valence-corrected chi connectivity index (χ2v) is 6.22. The molecule has 0 saturated carbocycles. The van der Waals surface area contributed by atoms with Gasteiger partial charge in [0.05, 0.1) is 7.11 Å². The summed E-state index contributed by atoms with van der Waals surface area (Å²) >= 11 is 15.7. The van der Waals surface area contributed by atoms with E-state index in [1.165, 1.54) is 5.56 Å². The fourth-order valence-electron chi connectivity index (χ4n) is 2.17. The van der Waals surface area contributed by atoms with Crippen LogP contribution in [0.15, 0.2) is 46.9 Å². The third-order valence-electron chi connectivity index (χ3n) is 3.24. The van der Waals surface area contributed by atoms with Gasteiger partial charge >= 0.3 is 0 Å². The van der Waals surface area contributed by atoms with Crippen molar-refractivity contribution in [3.8, 4) is 5.75 Å². The molecule has 0 amide bonds. The molecule has 0 bridgehead atoms. The highest BCUT2D eigenvalue weighted by Crippen LogP contribution is 2.30. The van der Waals surface area contributed by atoms with Gasteiger partial charge in [0, 0.05) is 21.3 Å². The first-order valence-electron chi connectivity index (χ1n) is 6.28. The lowest BCUT2D eigenvalue weighted by Crippen LogP contribution is -2.06. The highest BCUT2D eigenvalue weighted by atomic mass is 79.9. The van der Waals surface area contributed by atoms with Gasteiger partial charge in [-0.15, -0.1) is 11.6 Å². The third-order valence-corrected chi connectivity index (χ3v) is 4.37. The molecular formula is C16H15BrCl2O. The van der Waals surface area contributed by atoms with E-state index in [9.17, 15) is 0 Å². The van der Waals surface area contributed by atoms with E-state index in [1.54, 1.807) is 7.11 Å². The van der Waals surface area contributed by atoms with Crippen LogP contribution in [0.25, 0.3) is 0 Å². The molecule has 1 atom stereocenters. The molecule has 4 heteroatoms. The van der Waals surface area contributed by atoms with Crippen molar-refractivity contribution in [2.45, 2.75) is 12.3 Å². The Balaban J connectivity index is 2.26. The van der Waals surface area contributed by atoms with Crippen LogP contribution < -0.4 is 4.74 Å². The van der Waals surface area contributed by atoms with Crippen LogP contribution in [0.1, 0.15) is 17.0 Å². The van der Waals surface area contributed by atoms with Gasteiger partial charge in [0.25, 0.3) is 0 Å². The lowest BCUT2D eigenvalue weighted by Gasteiger charge is -2.17. The van der Waals surface area contributed by atoms with Crippen LogP contribution in [0.4, 0.5) is 0 Å². The van der Waals surface area contributed by atoms with Gasteiger partial charge in [-0.2, -0.15) is 0 Å². The number of ether oxygens (including phenoxy) is 1. The zero-order valence-electron chi connectivity index (χ0n) is 11.1. The first-order valence-corrected chi connectivity index (χ1v) is 7.98. The molecule has 0 saturated heterocycles. The molecule has 0 fully saturated rings. The SMILES string of the molecule is COc1ccc(Cl)cc1CC(CCl)c1ccc(Br)cc1. The van der Waals surface area contributed by atoms with Crippen molar-refractivity contribution >= 4 is 39.1 Å². The molecule has 0 N–H and O–H groups in total. The van der Waals surface area contributed by atoms with Gasteiger partial charge in [0.1, 0.15) is 5.75 Å². The Hall–Kier alpha value is -0.700. The van der Waals surface area contributed by atoms with E-state index in [0.717, 1.165) is 22.2 Å². The molecule has 2 aromatic carbocycles. The lowest BCUT2D eigenvalue weighted by molar-refractivity contribution is 0.408. The lowest BCUT2D eigenvalue weighted by atomic mass is 9.93. The molecule has 1 unspecified atom stereocenters. The molecule has 0 heterocycles. The quantitative estimate of drug-likeness (QED) is 0.613. The summed E-state index contributed by atoms with van der Waals surface area (Å²) in [6.07, 6.45) is 0.800. The second kappa shape index (κ2) is 7.35. The normalized spacial score (nSPS) is 12.2. The largest absolute Gasteiger partial charge is 0.496 e. The maximum absolute atomic E-state index is 6.14. The van der Waals surface area contributed by atoms with E-state index in [0.29, 0.717) is 10.9 Å². The Morgan fingerprint density at radius 3 is 2.45 bits per heavy atom. The summed E-state index contributed by atoms with van der Waals surface area (Å²) in [6, 6.07) is 13.9. The zero-order chi connectivity index (χ0) is 14.5. The van der Waals surface area contributed by atoms with Crippen molar-refractivity contribution in [3.63, 3.8) is 0 Å². The molecule has 0 spiro atoms. The smallest absolute Gasteiger partial charge is 0.122 e. The summed E-state index contributed by atoms with van der Waals surface area (Å²) in [5.41, 5.74) is 2.29.